The van der Waals surface area contributed by atoms with Gasteiger partial charge in [0.15, 0.2) is 0 Å². The molecule has 2 atom stereocenters. The molecule has 2 aromatic heterocycles. The molecular weight excluding hydrogens is 352 g/mol. The van der Waals surface area contributed by atoms with Gasteiger partial charge in [-0.25, -0.2) is 0 Å². The summed E-state index contributed by atoms with van der Waals surface area (Å²) in [5.41, 5.74) is 3.22. The highest BCUT2D eigenvalue weighted by molar-refractivity contribution is 5.76. The van der Waals surface area contributed by atoms with E-state index in [1.165, 1.54) is 0 Å². The Bertz CT molecular complexity index is 906. The highest BCUT2D eigenvalue weighted by Crippen LogP contribution is 2.35. The molecule has 4 rings (SSSR count). The Labute approximate surface area is 165 Å². The van der Waals surface area contributed by atoms with Crippen LogP contribution >= 0.6 is 0 Å². The van der Waals surface area contributed by atoms with Gasteiger partial charge in [-0.3, -0.25) is 14.6 Å². The molecule has 1 saturated heterocycles. The van der Waals surface area contributed by atoms with Crippen molar-refractivity contribution in [1.29, 1.82) is 0 Å². The number of fused-ring (bicyclic) bond motifs is 4. The SMILES string of the molecule is CN(C)Cc1ccc2n(c1=O)C[C@H]1C[C@@H]2CN(C(=O)CCc2ccncc2)C1. The fourth-order valence-corrected chi connectivity index (χ4v) is 4.61. The highest BCUT2D eigenvalue weighted by atomic mass is 16.2. The molecule has 2 aromatic rings. The number of aromatic nitrogens is 2. The average molecular weight is 380 g/mol. The normalized spacial score (nSPS) is 20.9. The molecule has 1 amide bonds. The van der Waals surface area contributed by atoms with Crippen molar-refractivity contribution >= 4 is 5.91 Å². The largest absolute Gasteiger partial charge is 0.342 e. The molecule has 0 aromatic carbocycles. The Morgan fingerprint density at radius 1 is 1.14 bits per heavy atom. The van der Waals surface area contributed by atoms with E-state index in [-0.39, 0.29) is 17.4 Å². The van der Waals surface area contributed by atoms with Gasteiger partial charge < -0.3 is 14.4 Å². The topological polar surface area (TPSA) is 58.4 Å². The van der Waals surface area contributed by atoms with E-state index < -0.39 is 0 Å². The van der Waals surface area contributed by atoms with Gasteiger partial charge >= 0.3 is 0 Å². The number of piperidine rings is 1. The predicted molar refractivity (Wildman–Crippen MR) is 108 cm³/mol. The molecule has 0 saturated carbocycles. The molecule has 148 valence electrons. The van der Waals surface area contributed by atoms with E-state index in [0.29, 0.717) is 18.9 Å². The van der Waals surface area contributed by atoms with E-state index in [1.807, 2.05) is 46.7 Å². The number of pyridine rings is 2. The Morgan fingerprint density at radius 3 is 2.68 bits per heavy atom. The van der Waals surface area contributed by atoms with E-state index in [1.54, 1.807) is 12.4 Å². The number of hydrogen-bond donors (Lipinski definition) is 0. The molecule has 4 heterocycles. The third kappa shape index (κ3) is 3.87. The summed E-state index contributed by atoms with van der Waals surface area (Å²) in [6.45, 7) is 2.86. The Balaban J connectivity index is 1.47. The fourth-order valence-electron chi connectivity index (χ4n) is 4.61. The van der Waals surface area contributed by atoms with Gasteiger partial charge in [0.1, 0.15) is 0 Å². The van der Waals surface area contributed by atoms with Crippen LogP contribution in [0.5, 0.6) is 0 Å². The zero-order chi connectivity index (χ0) is 19.7. The van der Waals surface area contributed by atoms with Crippen molar-refractivity contribution in [3.63, 3.8) is 0 Å². The molecule has 0 aliphatic carbocycles. The van der Waals surface area contributed by atoms with Crippen LogP contribution in [0.25, 0.3) is 0 Å². The lowest BCUT2D eigenvalue weighted by atomic mass is 9.82. The summed E-state index contributed by atoms with van der Waals surface area (Å²) in [5.74, 6) is 0.841. The summed E-state index contributed by atoms with van der Waals surface area (Å²) in [7, 11) is 3.96. The maximum absolute atomic E-state index is 12.9. The van der Waals surface area contributed by atoms with Crippen LogP contribution in [0.4, 0.5) is 0 Å². The van der Waals surface area contributed by atoms with Crippen LogP contribution in [0, 0.1) is 5.92 Å². The molecule has 0 unspecified atom stereocenters. The number of likely N-dealkylation sites (tertiary alicyclic amines) is 1. The van der Waals surface area contributed by atoms with Crippen LogP contribution in [0.2, 0.25) is 0 Å². The average Bonchev–Trinajstić information content (AvgIpc) is 2.69. The van der Waals surface area contributed by atoms with Gasteiger partial charge in [-0.15, -0.1) is 0 Å². The molecular formula is C22H28N4O2. The number of carbonyl (C=O) groups excluding carboxylic acids is 1. The van der Waals surface area contributed by atoms with Gasteiger partial charge in [0, 0.05) is 62.2 Å². The third-order valence-electron chi connectivity index (χ3n) is 5.90. The number of hydrogen-bond acceptors (Lipinski definition) is 4. The first kappa shape index (κ1) is 18.9. The summed E-state index contributed by atoms with van der Waals surface area (Å²) in [6, 6.07) is 8.00. The number of nitrogens with zero attached hydrogens (tertiary/aromatic N) is 4. The van der Waals surface area contributed by atoms with Crippen molar-refractivity contribution in [2.45, 2.75) is 38.3 Å². The molecule has 28 heavy (non-hydrogen) atoms. The minimum atomic E-state index is 0.137. The van der Waals surface area contributed by atoms with Crippen LogP contribution < -0.4 is 5.56 Å². The van der Waals surface area contributed by atoms with Crippen LogP contribution in [-0.4, -0.2) is 52.4 Å². The van der Waals surface area contributed by atoms with E-state index in [4.69, 9.17) is 0 Å². The van der Waals surface area contributed by atoms with Gasteiger partial charge in [-0.2, -0.15) is 0 Å². The first-order chi connectivity index (χ1) is 13.5. The van der Waals surface area contributed by atoms with Gasteiger partial charge in [0.05, 0.1) is 0 Å². The Morgan fingerprint density at radius 2 is 1.93 bits per heavy atom. The second-order valence-corrected chi connectivity index (χ2v) is 8.39. The van der Waals surface area contributed by atoms with Crippen molar-refractivity contribution < 1.29 is 4.79 Å². The number of carbonyl (C=O) groups is 1. The summed E-state index contributed by atoms with van der Waals surface area (Å²) in [4.78, 5) is 33.8. The molecule has 2 bridgehead atoms. The lowest BCUT2D eigenvalue weighted by molar-refractivity contribution is -0.133. The Hall–Kier alpha value is -2.47. The standard InChI is InChI=1S/C22H28N4O2/c1-24(2)14-18-4-5-20-19-11-17(13-26(20)22(18)28)12-25(15-19)21(27)6-3-16-7-9-23-10-8-16/h4-5,7-10,17,19H,3,6,11-15H2,1-2H3/t17-,19+/m0/s1. The minimum absolute atomic E-state index is 0.137. The lowest BCUT2D eigenvalue weighted by Crippen LogP contribution is -2.49. The molecule has 1 fully saturated rings. The molecule has 6 nitrogen and oxygen atoms in total. The lowest BCUT2D eigenvalue weighted by Gasteiger charge is -2.43. The summed E-state index contributed by atoms with van der Waals surface area (Å²) >= 11 is 0. The monoisotopic (exact) mass is 380 g/mol. The maximum Gasteiger partial charge on any atom is 0.255 e. The van der Waals surface area contributed by atoms with Crippen molar-refractivity contribution in [3.05, 3.63) is 63.8 Å². The van der Waals surface area contributed by atoms with Crippen molar-refractivity contribution in [1.82, 2.24) is 19.4 Å². The number of rotatable bonds is 5. The number of amides is 1. The maximum atomic E-state index is 12.9. The van der Waals surface area contributed by atoms with Crippen molar-refractivity contribution in [2.75, 3.05) is 27.2 Å². The summed E-state index contributed by atoms with van der Waals surface area (Å²) < 4.78 is 1.97. The van der Waals surface area contributed by atoms with E-state index in [9.17, 15) is 9.59 Å². The van der Waals surface area contributed by atoms with Crippen LogP contribution in [0.15, 0.2) is 41.5 Å². The second-order valence-electron chi connectivity index (χ2n) is 8.39. The molecule has 0 N–H and O–H groups in total. The second kappa shape index (κ2) is 7.87. The van der Waals surface area contributed by atoms with Crippen molar-refractivity contribution in [3.8, 4) is 0 Å². The zero-order valence-electron chi connectivity index (χ0n) is 16.7. The molecule has 6 heteroatoms. The zero-order valence-corrected chi connectivity index (χ0v) is 16.7. The third-order valence-corrected chi connectivity index (χ3v) is 5.90. The van der Waals surface area contributed by atoms with Crippen LogP contribution in [-0.2, 0) is 24.3 Å². The summed E-state index contributed by atoms with van der Waals surface area (Å²) in [5, 5.41) is 0. The smallest absolute Gasteiger partial charge is 0.255 e. The fraction of sp³-hybridized carbons (Fsp3) is 0.500. The highest BCUT2D eigenvalue weighted by Gasteiger charge is 2.36. The molecule has 0 spiro atoms. The summed E-state index contributed by atoms with van der Waals surface area (Å²) in [6.07, 6.45) is 5.88. The number of aryl methyl sites for hydroxylation is 1. The van der Waals surface area contributed by atoms with Gasteiger partial charge in [-0.1, -0.05) is 6.07 Å². The van der Waals surface area contributed by atoms with E-state index >= 15 is 0 Å². The van der Waals surface area contributed by atoms with Crippen molar-refractivity contribution in [2.24, 2.45) is 5.92 Å². The van der Waals surface area contributed by atoms with E-state index in [2.05, 4.69) is 11.1 Å². The first-order valence-corrected chi connectivity index (χ1v) is 10.1. The molecule has 2 aliphatic rings. The minimum Gasteiger partial charge on any atom is -0.342 e. The van der Waals surface area contributed by atoms with Gasteiger partial charge in [0.25, 0.3) is 5.56 Å². The quantitative estimate of drug-likeness (QED) is 0.795. The van der Waals surface area contributed by atoms with E-state index in [0.717, 1.165) is 49.3 Å². The first-order valence-electron chi connectivity index (χ1n) is 10.1. The molecule has 0 radical (unpaired) electrons. The molecule has 2 aliphatic heterocycles. The van der Waals surface area contributed by atoms with Gasteiger partial charge in [0.2, 0.25) is 5.91 Å². The van der Waals surface area contributed by atoms with Crippen LogP contribution in [0.1, 0.15) is 35.6 Å². The van der Waals surface area contributed by atoms with Gasteiger partial charge in [-0.05, 0) is 56.6 Å². The Kier molecular flexibility index (Phi) is 5.31. The van der Waals surface area contributed by atoms with Crippen LogP contribution in [0.3, 0.4) is 0 Å². The predicted octanol–water partition coefficient (Wildman–Crippen LogP) is 1.88.